The van der Waals surface area contributed by atoms with Gasteiger partial charge >= 0.3 is 0 Å². The number of nitrogens with one attached hydrogen (secondary N) is 1. The van der Waals surface area contributed by atoms with Crippen molar-refractivity contribution in [1.82, 2.24) is 29.1 Å². The Kier molecular flexibility index (Phi) is 4.16. The Morgan fingerprint density at radius 3 is 2.83 bits per heavy atom. The number of aromatic nitrogens is 6. The van der Waals surface area contributed by atoms with Crippen LogP contribution in [0.2, 0.25) is 0 Å². The summed E-state index contributed by atoms with van der Waals surface area (Å²) in [6.45, 7) is 1.29. The van der Waals surface area contributed by atoms with Crippen LogP contribution in [0.4, 0.5) is 14.7 Å². The van der Waals surface area contributed by atoms with E-state index < -0.39 is 13.0 Å². The third-order valence-corrected chi connectivity index (χ3v) is 5.35. The second-order valence-electron chi connectivity index (χ2n) is 7.44. The van der Waals surface area contributed by atoms with Crippen molar-refractivity contribution in [3.05, 3.63) is 36.5 Å². The number of hydrogen-bond donors (Lipinski definition) is 2. The highest BCUT2D eigenvalue weighted by Gasteiger charge is 2.26. The van der Waals surface area contributed by atoms with E-state index in [0.717, 1.165) is 29.5 Å². The molecular weight excluding hydrogens is 378 g/mol. The van der Waals surface area contributed by atoms with Crippen molar-refractivity contribution in [3.63, 3.8) is 0 Å². The largest absolute Gasteiger partial charge is 0.350 e. The summed E-state index contributed by atoms with van der Waals surface area (Å²) in [5.74, 6) is 1.07. The van der Waals surface area contributed by atoms with Crippen LogP contribution in [0.1, 0.15) is 18.7 Å². The second-order valence-corrected chi connectivity index (χ2v) is 7.44. The zero-order valence-corrected chi connectivity index (χ0v) is 15.8. The molecule has 8 nitrogen and oxygen atoms in total. The smallest absolute Gasteiger partial charge is 0.256 e. The van der Waals surface area contributed by atoms with Crippen LogP contribution < -0.4 is 11.1 Å². The number of fused-ring (bicyclic) bond motifs is 2. The monoisotopic (exact) mass is 398 g/mol. The summed E-state index contributed by atoms with van der Waals surface area (Å²) in [5.41, 5.74) is 9.33. The van der Waals surface area contributed by atoms with Crippen molar-refractivity contribution < 1.29 is 8.78 Å². The molecule has 0 aliphatic heterocycles. The summed E-state index contributed by atoms with van der Waals surface area (Å²) >= 11 is 0. The summed E-state index contributed by atoms with van der Waals surface area (Å²) in [4.78, 5) is 13.1. The number of rotatable bonds is 5. The molecule has 0 saturated heterocycles. The Balaban J connectivity index is 1.50. The van der Waals surface area contributed by atoms with Gasteiger partial charge in [0, 0.05) is 35.6 Å². The molecule has 1 fully saturated rings. The highest BCUT2D eigenvalue weighted by atomic mass is 19.3. The highest BCUT2D eigenvalue weighted by molar-refractivity contribution is 5.85. The first-order valence-electron chi connectivity index (χ1n) is 9.46. The molecule has 4 aromatic heterocycles. The molecule has 3 N–H and O–H groups in total. The van der Waals surface area contributed by atoms with Gasteiger partial charge < -0.3 is 15.6 Å². The molecule has 1 saturated carbocycles. The summed E-state index contributed by atoms with van der Waals surface area (Å²) < 4.78 is 29.2. The number of nitrogens with two attached hydrogens (primary N) is 1. The third kappa shape index (κ3) is 3.19. The van der Waals surface area contributed by atoms with Crippen molar-refractivity contribution in [2.24, 2.45) is 5.73 Å². The molecule has 5 rings (SSSR count). The van der Waals surface area contributed by atoms with Crippen LogP contribution in [0, 0.1) is 6.92 Å². The maximum absolute atomic E-state index is 13.0. The standard InChI is InChI=1S/C19H20F2N8/c1-10-25-18-15(28(10)9-17(20)21)4-11(7-23-18)14-2-3-29-16(14)8-24-19(27-29)26-13-5-12(22)6-13/h2-4,7-8,12-13,17H,5-6,9,22H2,1H3,(H,26,27)/t12-,13-. The van der Waals surface area contributed by atoms with E-state index in [9.17, 15) is 8.78 Å². The van der Waals surface area contributed by atoms with E-state index in [1.165, 1.54) is 4.57 Å². The third-order valence-electron chi connectivity index (χ3n) is 5.35. The molecule has 0 spiro atoms. The average molecular weight is 398 g/mol. The molecule has 0 amide bonds. The number of hydrogen-bond acceptors (Lipinski definition) is 6. The molecule has 4 aromatic rings. The second kappa shape index (κ2) is 6.73. The van der Waals surface area contributed by atoms with Crippen LogP contribution in [0.5, 0.6) is 0 Å². The van der Waals surface area contributed by atoms with Gasteiger partial charge in [-0.25, -0.2) is 28.2 Å². The number of halogens is 2. The minimum atomic E-state index is -2.46. The maximum atomic E-state index is 13.0. The van der Waals surface area contributed by atoms with Gasteiger partial charge in [-0.2, -0.15) is 0 Å². The molecule has 10 heteroatoms. The van der Waals surface area contributed by atoms with E-state index in [2.05, 4.69) is 25.4 Å². The Morgan fingerprint density at radius 1 is 1.24 bits per heavy atom. The first-order chi connectivity index (χ1) is 14.0. The van der Waals surface area contributed by atoms with Crippen LogP contribution in [0.3, 0.4) is 0 Å². The lowest BCUT2D eigenvalue weighted by atomic mass is 9.88. The molecule has 0 unspecified atom stereocenters. The molecule has 0 bridgehead atoms. The molecule has 0 radical (unpaired) electrons. The van der Waals surface area contributed by atoms with Crippen LogP contribution in [0.25, 0.3) is 27.8 Å². The fourth-order valence-corrected chi connectivity index (χ4v) is 3.81. The molecule has 1 aliphatic rings. The van der Waals surface area contributed by atoms with E-state index in [1.807, 2.05) is 18.3 Å². The predicted octanol–water partition coefficient (Wildman–Crippen LogP) is 2.62. The van der Waals surface area contributed by atoms with Gasteiger partial charge in [-0.1, -0.05) is 0 Å². The highest BCUT2D eigenvalue weighted by Crippen LogP contribution is 2.28. The van der Waals surface area contributed by atoms with Crippen LogP contribution in [-0.2, 0) is 6.54 Å². The summed E-state index contributed by atoms with van der Waals surface area (Å²) in [5, 5.41) is 7.79. The predicted molar refractivity (Wildman–Crippen MR) is 105 cm³/mol. The molecular formula is C19H20F2N8. The van der Waals surface area contributed by atoms with Crippen LogP contribution in [0.15, 0.2) is 30.7 Å². The van der Waals surface area contributed by atoms with Gasteiger partial charge in [-0.15, -0.1) is 5.10 Å². The normalized spacial score (nSPS) is 19.2. The van der Waals surface area contributed by atoms with Gasteiger partial charge in [-0.05, 0) is 31.9 Å². The van der Waals surface area contributed by atoms with Gasteiger partial charge in [0.05, 0.1) is 23.8 Å². The van der Waals surface area contributed by atoms with Crippen LogP contribution >= 0.6 is 0 Å². The van der Waals surface area contributed by atoms with E-state index >= 15 is 0 Å². The molecule has 4 heterocycles. The molecule has 1 aliphatic carbocycles. The lowest BCUT2D eigenvalue weighted by molar-refractivity contribution is 0.127. The van der Waals surface area contributed by atoms with Crippen LogP contribution in [-0.4, -0.2) is 47.6 Å². The number of pyridine rings is 1. The molecule has 0 atom stereocenters. The Morgan fingerprint density at radius 2 is 2.07 bits per heavy atom. The topological polar surface area (TPSA) is 98.9 Å². The fraction of sp³-hybridized carbons (Fsp3) is 0.368. The van der Waals surface area contributed by atoms with E-state index in [-0.39, 0.29) is 6.04 Å². The van der Waals surface area contributed by atoms with Crippen molar-refractivity contribution in [3.8, 4) is 11.1 Å². The Labute approximate surface area is 164 Å². The van der Waals surface area contributed by atoms with Crippen molar-refractivity contribution in [2.75, 3.05) is 5.32 Å². The van der Waals surface area contributed by atoms with E-state index in [4.69, 9.17) is 5.73 Å². The first-order valence-corrected chi connectivity index (χ1v) is 9.46. The van der Waals surface area contributed by atoms with Crippen molar-refractivity contribution in [2.45, 2.75) is 44.8 Å². The van der Waals surface area contributed by atoms with Crippen molar-refractivity contribution in [1.29, 1.82) is 0 Å². The Hall–Kier alpha value is -3.14. The zero-order chi connectivity index (χ0) is 20.1. The number of alkyl halides is 2. The zero-order valence-electron chi connectivity index (χ0n) is 15.8. The van der Waals surface area contributed by atoms with Gasteiger partial charge in [0.1, 0.15) is 5.82 Å². The summed E-state index contributed by atoms with van der Waals surface area (Å²) in [6.07, 6.45) is 4.64. The number of anilines is 1. The van der Waals surface area contributed by atoms with Gasteiger partial charge in [0.2, 0.25) is 5.95 Å². The van der Waals surface area contributed by atoms with E-state index in [0.29, 0.717) is 29.0 Å². The number of imidazole rings is 1. The number of aryl methyl sites for hydroxylation is 1. The minimum Gasteiger partial charge on any atom is -0.350 e. The lowest BCUT2D eigenvalue weighted by Crippen LogP contribution is -2.44. The van der Waals surface area contributed by atoms with E-state index in [1.54, 1.807) is 23.8 Å². The molecule has 29 heavy (non-hydrogen) atoms. The van der Waals surface area contributed by atoms with Gasteiger partial charge in [0.15, 0.2) is 5.65 Å². The Bertz CT molecular complexity index is 1190. The van der Waals surface area contributed by atoms with Crippen molar-refractivity contribution >= 4 is 22.6 Å². The van der Waals surface area contributed by atoms with Gasteiger partial charge in [-0.3, -0.25) is 0 Å². The van der Waals surface area contributed by atoms with Gasteiger partial charge in [0.25, 0.3) is 6.43 Å². The summed E-state index contributed by atoms with van der Waals surface area (Å²) in [6, 6.07) is 4.31. The molecule has 150 valence electrons. The fourth-order valence-electron chi connectivity index (χ4n) is 3.81. The number of nitrogens with zero attached hydrogens (tertiary/aromatic N) is 6. The maximum Gasteiger partial charge on any atom is 0.256 e. The SMILES string of the molecule is Cc1nc2ncc(-c3ccn4nc(N[C@H]5C[C@H](N)C5)ncc34)cc2n1CC(F)F. The first kappa shape index (κ1) is 17.9. The quantitative estimate of drug-likeness (QED) is 0.536. The average Bonchev–Trinajstić information content (AvgIpc) is 3.21. The minimum absolute atomic E-state index is 0.249. The molecule has 0 aromatic carbocycles. The summed E-state index contributed by atoms with van der Waals surface area (Å²) in [7, 11) is 0. The lowest BCUT2D eigenvalue weighted by Gasteiger charge is -2.32.